The highest BCUT2D eigenvalue weighted by Crippen LogP contribution is 2.68. The number of hydrogen-bond acceptors (Lipinski definition) is 6. The van der Waals surface area contributed by atoms with Crippen molar-refractivity contribution in [3.8, 4) is 0 Å². The molecule has 0 aromatic rings. The highest BCUT2D eigenvalue weighted by Gasteiger charge is 2.68. The summed E-state index contributed by atoms with van der Waals surface area (Å²) in [4.78, 5) is 36.6. The first-order valence-electron chi connectivity index (χ1n) is 10.8. The number of aliphatic hydroxyl groups is 2. The molecule has 2 N–H and O–H groups in total. The Morgan fingerprint density at radius 1 is 1.21 bits per heavy atom. The molecule has 6 nitrogen and oxygen atoms in total. The van der Waals surface area contributed by atoms with E-state index in [1.807, 2.05) is 6.92 Å². The maximum atomic E-state index is 12.6. The number of esters is 1. The van der Waals surface area contributed by atoms with Crippen LogP contribution in [0.5, 0.6) is 0 Å². The van der Waals surface area contributed by atoms with E-state index in [0.29, 0.717) is 19.3 Å². The van der Waals surface area contributed by atoms with Gasteiger partial charge in [0.2, 0.25) is 0 Å². The summed E-state index contributed by atoms with van der Waals surface area (Å²) in [5, 5.41) is 20.9. The quantitative estimate of drug-likeness (QED) is 0.701. The van der Waals surface area contributed by atoms with Crippen molar-refractivity contribution in [2.75, 3.05) is 6.61 Å². The lowest BCUT2D eigenvalue weighted by Crippen LogP contribution is -2.62. The maximum Gasteiger partial charge on any atom is 0.302 e. The van der Waals surface area contributed by atoms with E-state index in [-0.39, 0.29) is 34.9 Å². The van der Waals surface area contributed by atoms with Crippen LogP contribution in [0.15, 0.2) is 11.6 Å². The van der Waals surface area contributed by atoms with Gasteiger partial charge < -0.3 is 14.9 Å². The number of carbonyl (C=O) groups excluding carboxylic acids is 3. The zero-order valence-corrected chi connectivity index (χ0v) is 17.6. The summed E-state index contributed by atoms with van der Waals surface area (Å²) >= 11 is 0. The molecule has 160 valence electrons. The number of carbonyl (C=O) groups is 3. The number of fused-ring (bicyclic) bond motifs is 5. The van der Waals surface area contributed by atoms with E-state index in [1.165, 1.54) is 6.92 Å². The van der Waals surface area contributed by atoms with E-state index < -0.39 is 29.5 Å². The van der Waals surface area contributed by atoms with E-state index in [4.69, 9.17) is 4.74 Å². The second-order valence-electron chi connectivity index (χ2n) is 10.1. The fraction of sp³-hybridized carbons (Fsp3) is 0.783. The van der Waals surface area contributed by atoms with E-state index >= 15 is 0 Å². The highest BCUT2D eigenvalue weighted by atomic mass is 16.5. The fourth-order valence-corrected chi connectivity index (χ4v) is 7.57. The number of ether oxygens (including phenoxy) is 1. The Balaban J connectivity index is 1.79. The SMILES string of the molecule is CC(=O)OC1CC2(C)C(CCC2(O)C(=O)CO)C2CCC3=CC(=O)CCC3(C)C12. The molecule has 0 aromatic carbocycles. The van der Waals surface area contributed by atoms with Gasteiger partial charge in [-0.05, 0) is 61.9 Å². The van der Waals surface area contributed by atoms with Gasteiger partial charge in [-0.2, -0.15) is 0 Å². The van der Waals surface area contributed by atoms with Crippen LogP contribution in [0.4, 0.5) is 0 Å². The molecule has 0 aromatic heterocycles. The first-order valence-corrected chi connectivity index (χ1v) is 10.8. The van der Waals surface area contributed by atoms with Gasteiger partial charge in [-0.1, -0.05) is 19.4 Å². The molecular weight excluding hydrogens is 372 g/mol. The summed E-state index contributed by atoms with van der Waals surface area (Å²) in [6.45, 7) is 4.84. The summed E-state index contributed by atoms with van der Waals surface area (Å²) in [5.41, 5.74) is -1.37. The molecule has 0 radical (unpaired) electrons. The smallest absolute Gasteiger partial charge is 0.302 e. The topological polar surface area (TPSA) is 101 Å². The van der Waals surface area contributed by atoms with Crippen LogP contribution in [0, 0.1) is 28.6 Å². The molecule has 4 aliphatic carbocycles. The summed E-state index contributed by atoms with van der Waals surface area (Å²) < 4.78 is 5.85. The Labute approximate surface area is 171 Å². The lowest BCUT2D eigenvalue weighted by molar-refractivity contribution is -0.195. The molecule has 0 bridgehead atoms. The molecule has 0 saturated heterocycles. The number of allylic oxidation sites excluding steroid dienone is 1. The molecule has 0 heterocycles. The summed E-state index contributed by atoms with van der Waals surface area (Å²) in [6, 6.07) is 0. The Morgan fingerprint density at radius 2 is 1.93 bits per heavy atom. The minimum atomic E-state index is -1.59. The van der Waals surface area contributed by atoms with Gasteiger partial charge in [-0.15, -0.1) is 0 Å². The van der Waals surface area contributed by atoms with E-state index in [0.717, 1.165) is 31.3 Å². The van der Waals surface area contributed by atoms with Gasteiger partial charge >= 0.3 is 5.97 Å². The molecule has 3 fully saturated rings. The molecular formula is C23H32O6. The Kier molecular flexibility index (Phi) is 4.82. The lowest BCUT2D eigenvalue weighted by Gasteiger charge is -2.60. The van der Waals surface area contributed by atoms with Gasteiger partial charge in [-0.3, -0.25) is 14.4 Å². The Bertz CT molecular complexity index is 786. The normalized spacial score (nSPS) is 46.2. The third-order valence-electron chi connectivity index (χ3n) is 8.95. The standard InChI is InChI=1S/C23H32O6/c1-13(25)29-18-11-22(3)17(7-9-23(22,28)19(27)12-24)16-5-4-14-10-15(26)6-8-21(14,2)20(16)18/h10,16-18,20,24,28H,4-9,11-12H2,1-3H3. The number of rotatable bonds is 3. The molecule has 6 heteroatoms. The van der Waals surface area contributed by atoms with Crippen LogP contribution in [-0.2, 0) is 19.1 Å². The van der Waals surface area contributed by atoms with Crippen molar-refractivity contribution in [1.29, 1.82) is 0 Å². The molecule has 4 aliphatic rings. The number of ketones is 2. The minimum Gasteiger partial charge on any atom is -0.462 e. The molecule has 0 aliphatic heterocycles. The number of aliphatic hydroxyl groups excluding tert-OH is 1. The van der Waals surface area contributed by atoms with Crippen molar-refractivity contribution < 1.29 is 29.3 Å². The van der Waals surface area contributed by atoms with E-state index in [1.54, 1.807) is 6.08 Å². The van der Waals surface area contributed by atoms with Gasteiger partial charge in [0.15, 0.2) is 11.6 Å². The molecule has 0 amide bonds. The zero-order chi connectivity index (χ0) is 21.2. The van der Waals surface area contributed by atoms with Crippen LogP contribution < -0.4 is 0 Å². The molecule has 3 saturated carbocycles. The third-order valence-corrected chi connectivity index (χ3v) is 8.95. The van der Waals surface area contributed by atoms with Crippen molar-refractivity contribution in [3.05, 3.63) is 11.6 Å². The summed E-state index contributed by atoms with van der Waals surface area (Å²) in [6.07, 6.45) is 5.79. The Morgan fingerprint density at radius 3 is 2.59 bits per heavy atom. The van der Waals surface area contributed by atoms with E-state index in [2.05, 4.69) is 6.92 Å². The van der Waals surface area contributed by atoms with Crippen LogP contribution in [0.2, 0.25) is 0 Å². The monoisotopic (exact) mass is 404 g/mol. The van der Waals surface area contributed by atoms with Crippen LogP contribution >= 0.6 is 0 Å². The predicted molar refractivity (Wildman–Crippen MR) is 105 cm³/mol. The van der Waals surface area contributed by atoms with Gasteiger partial charge in [-0.25, -0.2) is 0 Å². The van der Waals surface area contributed by atoms with Crippen LogP contribution in [-0.4, -0.2) is 46.1 Å². The average Bonchev–Trinajstić information content (AvgIpc) is 2.92. The third kappa shape index (κ3) is 2.78. The molecule has 29 heavy (non-hydrogen) atoms. The molecule has 4 rings (SSSR count). The van der Waals surface area contributed by atoms with Gasteiger partial charge in [0.1, 0.15) is 18.3 Å². The van der Waals surface area contributed by atoms with Crippen LogP contribution in [0.1, 0.15) is 65.7 Å². The lowest BCUT2D eigenvalue weighted by atomic mass is 9.45. The van der Waals surface area contributed by atoms with Crippen molar-refractivity contribution in [1.82, 2.24) is 0 Å². The average molecular weight is 405 g/mol. The number of hydrogen-bond donors (Lipinski definition) is 2. The summed E-state index contributed by atoms with van der Waals surface area (Å²) in [7, 11) is 0. The van der Waals surface area contributed by atoms with Crippen molar-refractivity contribution >= 4 is 17.5 Å². The molecule has 7 atom stereocenters. The van der Waals surface area contributed by atoms with Crippen LogP contribution in [0.3, 0.4) is 0 Å². The van der Waals surface area contributed by atoms with Crippen molar-refractivity contribution in [3.63, 3.8) is 0 Å². The maximum absolute atomic E-state index is 12.6. The fourth-order valence-electron chi connectivity index (χ4n) is 7.57. The molecule has 0 spiro atoms. The van der Waals surface area contributed by atoms with Crippen LogP contribution in [0.25, 0.3) is 0 Å². The van der Waals surface area contributed by atoms with Gasteiger partial charge in [0, 0.05) is 24.7 Å². The van der Waals surface area contributed by atoms with E-state index in [9.17, 15) is 24.6 Å². The van der Waals surface area contributed by atoms with Gasteiger partial charge in [0.25, 0.3) is 0 Å². The molecule has 7 unspecified atom stereocenters. The Hall–Kier alpha value is -1.53. The number of Topliss-reactive ketones (excluding diaryl/α,β-unsaturated/α-hetero) is 1. The largest absolute Gasteiger partial charge is 0.462 e. The zero-order valence-electron chi connectivity index (χ0n) is 17.6. The highest BCUT2D eigenvalue weighted by molar-refractivity contribution is 5.92. The second kappa shape index (κ2) is 6.74. The minimum absolute atomic E-state index is 0.0733. The second-order valence-corrected chi connectivity index (χ2v) is 10.1. The van der Waals surface area contributed by atoms with Gasteiger partial charge in [0.05, 0.1) is 0 Å². The van der Waals surface area contributed by atoms with Crippen molar-refractivity contribution in [2.45, 2.75) is 77.4 Å². The first kappa shape index (κ1) is 20.7. The predicted octanol–water partition coefficient (Wildman–Crippen LogP) is 2.35. The first-order chi connectivity index (χ1) is 13.6. The summed E-state index contributed by atoms with van der Waals surface area (Å²) in [5.74, 6) is -0.330. The van der Waals surface area contributed by atoms with Crippen molar-refractivity contribution in [2.24, 2.45) is 28.6 Å².